The fourth-order valence-electron chi connectivity index (χ4n) is 3.83. The van der Waals surface area contributed by atoms with Gasteiger partial charge < -0.3 is 19.7 Å². The van der Waals surface area contributed by atoms with E-state index in [2.05, 4.69) is 61.1 Å². The minimum atomic E-state index is -0.214. The summed E-state index contributed by atoms with van der Waals surface area (Å²) in [6.45, 7) is 12.9. The highest BCUT2D eigenvalue weighted by atomic mass is 127. The molecule has 2 fully saturated rings. The number of nitrogens with zero attached hydrogens (tertiary/aromatic N) is 2. The van der Waals surface area contributed by atoms with Crippen LogP contribution >= 0.6 is 24.0 Å². The van der Waals surface area contributed by atoms with Crippen molar-refractivity contribution >= 4 is 29.9 Å². The van der Waals surface area contributed by atoms with Gasteiger partial charge in [-0.1, -0.05) is 12.1 Å². The molecule has 0 bridgehead atoms. The summed E-state index contributed by atoms with van der Waals surface area (Å²) >= 11 is 0. The number of aryl methyl sites for hydroxylation is 1. The summed E-state index contributed by atoms with van der Waals surface area (Å²) < 4.78 is 11.8. The monoisotopic (exact) mass is 487 g/mol. The molecule has 1 spiro atoms. The van der Waals surface area contributed by atoms with E-state index < -0.39 is 0 Å². The molecule has 0 amide bonds. The number of rotatable bonds is 3. The lowest BCUT2D eigenvalue weighted by Crippen LogP contribution is -2.41. The normalized spacial score (nSPS) is 22.9. The van der Waals surface area contributed by atoms with Crippen LogP contribution in [0.4, 0.5) is 0 Å². The van der Waals surface area contributed by atoms with Gasteiger partial charge in [-0.2, -0.15) is 0 Å². The lowest BCUT2D eigenvalue weighted by atomic mass is 9.87. The summed E-state index contributed by atoms with van der Waals surface area (Å²) in [7, 11) is 1.86. The molecule has 0 aliphatic carbocycles. The largest absolute Gasteiger partial charge is 0.488 e. The summed E-state index contributed by atoms with van der Waals surface area (Å²) in [5.74, 6) is 1.92. The predicted octanol–water partition coefficient (Wildman–Crippen LogP) is 3.98. The Balaban J connectivity index is 0.00000261. The molecular formula is C21H34IN3O2. The molecule has 1 atom stereocenters. The Kier molecular flexibility index (Phi) is 7.41. The lowest BCUT2D eigenvalue weighted by molar-refractivity contribution is 0.129. The number of nitrogens with one attached hydrogen (secondary N) is 1. The number of hydrogen-bond acceptors (Lipinski definition) is 3. The summed E-state index contributed by atoms with van der Waals surface area (Å²) in [5, 5.41) is 3.53. The van der Waals surface area contributed by atoms with Crippen LogP contribution in [0.1, 0.15) is 44.7 Å². The first-order valence-corrected chi connectivity index (χ1v) is 9.62. The number of benzene rings is 1. The second-order valence-corrected chi connectivity index (χ2v) is 8.70. The van der Waals surface area contributed by atoms with Crippen LogP contribution in [0.2, 0.25) is 0 Å². The van der Waals surface area contributed by atoms with Gasteiger partial charge in [0.05, 0.1) is 6.61 Å². The van der Waals surface area contributed by atoms with Gasteiger partial charge in [-0.05, 0) is 52.2 Å². The Morgan fingerprint density at radius 2 is 2.11 bits per heavy atom. The molecule has 5 nitrogen and oxygen atoms in total. The van der Waals surface area contributed by atoms with Gasteiger partial charge in [0.2, 0.25) is 0 Å². The summed E-state index contributed by atoms with van der Waals surface area (Å²) in [4.78, 5) is 6.88. The van der Waals surface area contributed by atoms with E-state index in [1.165, 1.54) is 18.4 Å². The van der Waals surface area contributed by atoms with Crippen molar-refractivity contribution in [3.63, 3.8) is 0 Å². The quantitative estimate of drug-likeness (QED) is 0.398. The minimum Gasteiger partial charge on any atom is -0.488 e. The van der Waals surface area contributed by atoms with Crippen molar-refractivity contribution in [2.24, 2.45) is 10.4 Å². The third-order valence-electron chi connectivity index (χ3n) is 5.21. The highest BCUT2D eigenvalue weighted by Gasteiger charge is 2.42. The van der Waals surface area contributed by atoms with E-state index in [1.807, 2.05) is 7.05 Å². The van der Waals surface area contributed by atoms with Crippen LogP contribution in [0.5, 0.6) is 5.75 Å². The third-order valence-corrected chi connectivity index (χ3v) is 5.21. The predicted molar refractivity (Wildman–Crippen MR) is 121 cm³/mol. The Labute approximate surface area is 180 Å². The number of hydrogen-bond donors (Lipinski definition) is 1. The number of guanidine groups is 1. The van der Waals surface area contributed by atoms with E-state index in [4.69, 9.17) is 9.47 Å². The topological polar surface area (TPSA) is 46.1 Å². The van der Waals surface area contributed by atoms with Gasteiger partial charge in [0.25, 0.3) is 0 Å². The van der Waals surface area contributed by atoms with E-state index in [0.29, 0.717) is 12.0 Å². The highest BCUT2D eigenvalue weighted by Crippen LogP contribution is 2.38. The highest BCUT2D eigenvalue weighted by molar-refractivity contribution is 14.0. The summed E-state index contributed by atoms with van der Waals surface area (Å²) in [5.41, 5.74) is 2.49. The molecule has 2 aliphatic rings. The van der Waals surface area contributed by atoms with Crippen molar-refractivity contribution in [1.82, 2.24) is 10.2 Å². The van der Waals surface area contributed by atoms with E-state index in [9.17, 15) is 0 Å². The Morgan fingerprint density at radius 1 is 1.33 bits per heavy atom. The van der Waals surface area contributed by atoms with Crippen molar-refractivity contribution in [3.8, 4) is 5.75 Å². The smallest absolute Gasteiger partial charge is 0.193 e. The van der Waals surface area contributed by atoms with Crippen molar-refractivity contribution in [3.05, 3.63) is 29.3 Å². The maximum absolute atomic E-state index is 6.17. The average molecular weight is 487 g/mol. The van der Waals surface area contributed by atoms with E-state index >= 15 is 0 Å². The Hall–Kier alpha value is -1.02. The fraction of sp³-hybridized carbons (Fsp3) is 0.667. The molecule has 1 aromatic carbocycles. The first-order valence-electron chi connectivity index (χ1n) is 9.62. The van der Waals surface area contributed by atoms with Gasteiger partial charge in [0, 0.05) is 44.3 Å². The van der Waals surface area contributed by atoms with Gasteiger partial charge in [-0.15, -0.1) is 24.0 Å². The zero-order chi connectivity index (χ0) is 18.8. The maximum Gasteiger partial charge on any atom is 0.193 e. The lowest BCUT2D eigenvalue weighted by Gasteiger charge is -2.26. The van der Waals surface area contributed by atoms with Gasteiger partial charge in [-0.25, -0.2) is 0 Å². The number of likely N-dealkylation sites (tertiary alicyclic amines) is 1. The third kappa shape index (κ3) is 5.73. The van der Waals surface area contributed by atoms with Crippen LogP contribution in [0.15, 0.2) is 23.2 Å². The Morgan fingerprint density at radius 3 is 2.74 bits per heavy atom. The molecule has 27 heavy (non-hydrogen) atoms. The molecule has 1 unspecified atom stereocenters. The molecule has 6 heteroatoms. The van der Waals surface area contributed by atoms with Gasteiger partial charge >= 0.3 is 0 Å². The first-order chi connectivity index (χ1) is 12.3. The minimum absolute atomic E-state index is 0. The SMILES string of the molecule is CN=C(NCc1ccc(C)cc1OC(C)(C)C)N1CCC2(CCOC2)C1.I. The molecule has 0 aromatic heterocycles. The second kappa shape index (κ2) is 8.99. The van der Waals surface area contributed by atoms with Crippen LogP contribution < -0.4 is 10.1 Å². The zero-order valence-corrected chi connectivity index (χ0v) is 19.6. The number of aliphatic imine (C=N–C) groups is 1. The van der Waals surface area contributed by atoms with E-state index in [-0.39, 0.29) is 29.6 Å². The van der Waals surface area contributed by atoms with Gasteiger partial charge in [0.15, 0.2) is 5.96 Å². The fourth-order valence-corrected chi connectivity index (χ4v) is 3.83. The molecule has 3 rings (SSSR count). The number of halogens is 1. The van der Waals surface area contributed by atoms with Gasteiger partial charge in [0.1, 0.15) is 11.4 Å². The molecule has 152 valence electrons. The molecule has 0 saturated carbocycles. The summed E-state index contributed by atoms with van der Waals surface area (Å²) in [6, 6.07) is 6.40. The van der Waals surface area contributed by atoms with Crippen molar-refractivity contribution in [1.29, 1.82) is 0 Å². The van der Waals surface area contributed by atoms with Crippen molar-refractivity contribution < 1.29 is 9.47 Å². The average Bonchev–Trinajstić information content (AvgIpc) is 3.19. The molecular weight excluding hydrogens is 453 g/mol. The Bertz CT molecular complexity index is 664. The van der Waals surface area contributed by atoms with Crippen LogP contribution in [-0.2, 0) is 11.3 Å². The maximum atomic E-state index is 6.17. The molecule has 1 aromatic rings. The van der Waals surface area contributed by atoms with Crippen LogP contribution in [-0.4, -0.2) is 49.8 Å². The molecule has 2 aliphatic heterocycles. The summed E-state index contributed by atoms with van der Waals surface area (Å²) in [6.07, 6.45) is 2.36. The van der Waals surface area contributed by atoms with Gasteiger partial charge in [-0.3, -0.25) is 4.99 Å². The van der Waals surface area contributed by atoms with Crippen LogP contribution in [0.3, 0.4) is 0 Å². The van der Waals surface area contributed by atoms with Crippen molar-refractivity contribution in [2.75, 3.05) is 33.4 Å². The standard InChI is InChI=1S/C21H33N3O2.HI/c1-16-6-7-17(18(12-16)26-20(2,3)4)13-23-19(22-5)24-10-8-21(14-24)9-11-25-15-21;/h6-7,12H,8-11,13-15H2,1-5H3,(H,22,23);1H. The molecule has 2 heterocycles. The second-order valence-electron chi connectivity index (χ2n) is 8.70. The van der Waals surface area contributed by atoms with E-state index in [1.54, 1.807) is 0 Å². The molecule has 0 radical (unpaired) electrons. The van der Waals surface area contributed by atoms with Crippen LogP contribution in [0.25, 0.3) is 0 Å². The van der Waals surface area contributed by atoms with Crippen LogP contribution in [0, 0.1) is 12.3 Å². The van der Waals surface area contributed by atoms with E-state index in [0.717, 1.165) is 43.6 Å². The number of ether oxygens (including phenoxy) is 2. The molecule has 2 saturated heterocycles. The van der Waals surface area contributed by atoms with Crippen molar-refractivity contribution in [2.45, 2.75) is 52.7 Å². The zero-order valence-electron chi connectivity index (χ0n) is 17.3. The first kappa shape index (κ1) is 22.3. The molecule has 1 N–H and O–H groups in total.